The third-order valence-corrected chi connectivity index (χ3v) is 5.41. The standard InChI is InChI=1S/C18H24BrClN4O/c1-5-13(6-2)22-16-7-8-21-18(20,24-16)23-14-9-11(3)17(19)15(10-14)12(4)25/h7-10,13,21,23H,5-6H2,1-4H3,(H,22,24). The monoisotopic (exact) mass is 426 g/mol. The summed E-state index contributed by atoms with van der Waals surface area (Å²) in [6, 6.07) is 4.04. The predicted octanol–water partition coefficient (Wildman–Crippen LogP) is 4.52. The minimum absolute atomic E-state index is 0.0154. The molecule has 25 heavy (non-hydrogen) atoms. The van der Waals surface area contributed by atoms with Crippen molar-refractivity contribution in [2.45, 2.75) is 51.8 Å². The van der Waals surface area contributed by atoms with Crippen LogP contribution in [0.5, 0.6) is 0 Å². The largest absolute Gasteiger partial charge is 0.367 e. The highest BCUT2D eigenvalue weighted by atomic mass is 79.9. The highest BCUT2D eigenvalue weighted by Gasteiger charge is 2.28. The van der Waals surface area contributed by atoms with Crippen LogP contribution < -0.4 is 16.0 Å². The molecule has 1 aliphatic rings. The molecule has 0 saturated heterocycles. The Morgan fingerprint density at radius 3 is 2.68 bits per heavy atom. The first-order valence-corrected chi connectivity index (χ1v) is 9.54. The Labute approximate surface area is 162 Å². The van der Waals surface area contributed by atoms with Crippen LogP contribution in [0.15, 0.2) is 33.9 Å². The van der Waals surface area contributed by atoms with Crippen LogP contribution in [0.1, 0.15) is 49.5 Å². The third-order valence-electron chi connectivity index (χ3n) is 4.07. The minimum Gasteiger partial charge on any atom is -0.367 e. The normalized spacial score (nSPS) is 19.4. The number of aliphatic imine (C=N–C) groups is 1. The van der Waals surface area contributed by atoms with Crippen molar-refractivity contribution in [3.63, 3.8) is 0 Å². The minimum atomic E-state index is -1.21. The zero-order valence-electron chi connectivity index (χ0n) is 14.9. The molecule has 1 atom stereocenters. The molecule has 0 aliphatic carbocycles. The van der Waals surface area contributed by atoms with E-state index in [4.69, 9.17) is 11.6 Å². The second kappa shape index (κ2) is 8.23. The van der Waals surface area contributed by atoms with Gasteiger partial charge < -0.3 is 16.0 Å². The lowest BCUT2D eigenvalue weighted by atomic mass is 10.1. The molecule has 0 aromatic heterocycles. The number of Topliss-reactive ketones (excluding diaryl/α,β-unsaturated/α-hetero) is 1. The molecule has 3 N–H and O–H groups in total. The summed E-state index contributed by atoms with van der Waals surface area (Å²) in [5, 5.41) is 8.35. The van der Waals surface area contributed by atoms with E-state index in [1.54, 1.807) is 12.3 Å². The summed E-state index contributed by atoms with van der Waals surface area (Å²) in [6.07, 6.45) is 5.63. The number of anilines is 1. The molecule has 1 unspecified atom stereocenters. The van der Waals surface area contributed by atoms with Crippen molar-refractivity contribution in [1.29, 1.82) is 0 Å². The van der Waals surface area contributed by atoms with Crippen molar-refractivity contribution in [2.75, 3.05) is 5.32 Å². The summed E-state index contributed by atoms with van der Waals surface area (Å²) in [5.74, 6) is 0.703. The van der Waals surface area contributed by atoms with E-state index in [1.807, 2.05) is 19.1 Å². The molecule has 1 aliphatic heterocycles. The first-order valence-electron chi connectivity index (χ1n) is 8.36. The van der Waals surface area contributed by atoms with E-state index in [1.165, 1.54) is 6.92 Å². The Bertz CT molecular complexity index is 715. The zero-order valence-corrected chi connectivity index (χ0v) is 17.3. The Morgan fingerprint density at radius 2 is 2.08 bits per heavy atom. The number of carbonyl (C=O) groups excluding carboxylic acids is 1. The first kappa shape index (κ1) is 19.8. The number of rotatable bonds is 6. The molecule has 1 aromatic carbocycles. The summed E-state index contributed by atoms with van der Waals surface area (Å²) < 4.78 is 0.797. The molecule has 0 fully saturated rings. The van der Waals surface area contributed by atoms with E-state index in [0.29, 0.717) is 17.3 Å². The van der Waals surface area contributed by atoms with Gasteiger partial charge in [0.1, 0.15) is 5.84 Å². The van der Waals surface area contributed by atoms with Gasteiger partial charge in [0, 0.05) is 28.0 Å². The number of alkyl halides is 1. The van der Waals surface area contributed by atoms with Gasteiger partial charge in [0.05, 0.1) is 0 Å². The summed E-state index contributed by atoms with van der Waals surface area (Å²) in [6.45, 7) is 7.73. The number of ketones is 1. The van der Waals surface area contributed by atoms with Gasteiger partial charge in [-0.1, -0.05) is 13.8 Å². The maximum Gasteiger partial charge on any atom is 0.288 e. The first-order chi connectivity index (χ1) is 11.8. The van der Waals surface area contributed by atoms with Gasteiger partial charge in [0.15, 0.2) is 5.78 Å². The van der Waals surface area contributed by atoms with Gasteiger partial charge >= 0.3 is 0 Å². The van der Waals surface area contributed by atoms with Gasteiger partial charge in [-0.25, -0.2) is 4.99 Å². The van der Waals surface area contributed by atoms with Crippen LogP contribution in [0.4, 0.5) is 5.69 Å². The number of aryl methyl sites for hydroxylation is 1. The van der Waals surface area contributed by atoms with Gasteiger partial charge in [-0.2, -0.15) is 0 Å². The molecule has 0 saturated carbocycles. The molecular formula is C18H24BrClN4O. The molecule has 7 heteroatoms. The highest BCUT2D eigenvalue weighted by Crippen LogP contribution is 2.29. The lowest BCUT2D eigenvalue weighted by Gasteiger charge is -2.30. The number of nitrogens with zero attached hydrogens (tertiary/aromatic N) is 1. The Morgan fingerprint density at radius 1 is 1.40 bits per heavy atom. The van der Waals surface area contributed by atoms with E-state index < -0.39 is 5.25 Å². The number of amidine groups is 1. The third kappa shape index (κ3) is 4.98. The average molecular weight is 428 g/mol. The van der Waals surface area contributed by atoms with Crippen LogP contribution in [0.25, 0.3) is 0 Å². The van der Waals surface area contributed by atoms with E-state index in [9.17, 15) is 4.79 Å². The van der Waals surface area contributed by atoms with E-state index in [0.717, 1.165) is 28.7 Å². The van der Waals surface area contributed by atoms with E-state index in [-0.39, 0.29) is 5.78 Å². The van der Waals surface area contributed by atoms with Gasteiger partial charge in [-0.15, -0.1) is 0 Å². The number of benzene rings is 1. The molecular weight excluding hydrogens is 404 g/mol. The van der Waals surface area contributed by atoms with Crippen LogP contribution in [0.2, 0.25) is 0 Å². The van der Waals surface area contributed by atoms with E-state index >= 15 is 0 Å². The average Bonchev–Trinajstić information content (AvgIpc) is 2.55. The molecule has 0 spiro atoms. The number of nitrogens with one attached hydrogen (secondary N) is 3. The Hall–Kier alpha value is -1.53. The smallest absolute Gasteiger partial charge is 0.288 e. The van der Waals surface area contributed by atoms with Gasteiger partial charge in [0.25, 0.3) is 5.25 Å². The number of hydrogen-bond acceptors (Lipinski definition) is 5. The van der Waals surface area contributed by atoms with Crippen LogP contribution in [0.3, 0.4) is 0 Å². The molecule has 0 bridgehead atoms. The summed E-state index contributed by atoms with van der Waals surface area (Å²) >= 11 is 10.1. The van der Waals surface area contributed by atoms with Crippen molar-refractivity contribution in [2.24, 2.45) is 4.99 Å². The summed E-state index contributed by atoms with van der Waals surface area (Å²) in [4.78, 5) is 16.4. The topological polar surface area (TPSA) is 65.5 Å². The highest BCUT2D eigenvalue weighted by molar-refractivity contribution is 9.10. The molecule has 5 nitrogen and oxygen atoms in total. The maximum atomic E-state index is 11.8. The SMILES string of the molecule is CCC(CC)NC1=NC(Cl)(Nc2cc(C)c(Br)c(C(C)=O)c2)NC=C1. The molecule has 1 heterocycles. The fraction of sp³-hybridized carbons (Fsp3) is 0.444. The second-order valence-corrected chi connectivity index (χ2v) is 7.43. The van der Waals surface area contributed by atoms with Gasteiger partial charge in [-0.3, -0.25) is 4.79 Å². The second-order valence-electron chi connectivity index (χ2n) is 6.09. The van der Waals surface area contributed by atoms with Gasteiger partial charge in [0.2, 0.25) is 0 Å². The van der Waals surface area contributed by atoms with Crippen molar-refractivity contribution >= 4 is 44.8 Å². The Balaban J connectivity index is 2.25. The van der Waals surface area contributed by atoms with E-state index in [2.05, 4.69) is 50.7 Å². The molecule has 1 aromatic rings. The fourth-order valence-corrected chi connectivity index (χ4v) is 3.37. The molecule has 2 rings (SSSR count). The van der Waals surface area contributed by atoms with Gasteiger partial charge in [-0.05, 0) is 78.0 Å². The van der Waals surface area contributed by atoms with Crippen molar-refractivity contribution < 1.29 is 4.79 Å². The maximum absolute atomic E-state index is 11.8. The van der Waals surface area contributed by atoms with Crippen molar-refractivity contribution in [1.82, 2.24) is 10.6 Å². The quantitative estimate of drug-likeness (QED) is 0.355. The van der Waals surface area contributed by atoms with Crippen LogP contribution in [-0.2, 0) is 0 Å². The number of carbonyl (C=O) groups is 1. The van der Waals surface area contributed by atoms with Crippen molar-refractivity contribution in [3.8, 4) is 0 Å². The summed E-state index contributed by atoms with van der Waals surface area (Å²) in [5.41, 5.74) is 2.27. The van der Waals surface area contributed by atoms with Crippen LogP contribution in [0, 0.1) is 6.92 Å². The molecule has 136 valence electrons. The predicted molar refractivity (Wildman–Crippen MR) is 108 cm³/mol. The molecule has 0 amide bonds. The van der Waals surface area contributed by atoms with Crippen LogP contribution >= 0.6 is 27.5 Å². The lowest BCUT2D eigenvalue weighted by molar-refractivity contribution is 0.101. The number of hydrogen-bond donors (Lipinski definition) is 3. The Kier molecular flexibility index (Phi) is 6.52. The zero-order chi connectivity index (χ0) is 18.6. The number of halogens is 2. The summed E-state index contributed by atoms with van der Waals surface area (Å²) in [7, 11) is 0. The van der Waals surface area contributed by atoms with Crippen molar-refractivity contribution in [3.05, 3.63) is 40.0 Å². The van der Waals surface area contributed by atoms with Crippen LogP contribution in [-0.4, -0.2) is 22.9 Å². The molecule has 0 radical (unpaired) electrons. The lowest BCUT2D eigenvalue weighted by Crippen LogP contribution is -2.48. The fourth-order valence-electron chi connectivity index (χ4n) is 2.60.